The van der Waals surface area contributed by atoms with Crippen molar-refractivity contribution in [1.82, 2.24) is 15.1 Å². The zero-order valence-electron chi connectivity index (χ0n) is 14.8. The minimum absolute atomic E-state index is 0.0651. The van der Waals surface area contributed by atoms with Crippen LogP contribution < -0.4 is 10.6 Å². The number of benzene rings is 1. The van der Waals surface area contributed by atoms with Crippen LogP contribution in [0.25, 0.3) is 0 Å². The topological polar surface area (TPSA) is 75.3 Å². The third-order valence-corrected chi connectivity index (χ3v) is 4.96. The highest BCUT2D eigenvalue weighted by Crippen LogP contribution is 2.25. The van der Waals surface area contributed by atoms with E-state index in [2.05, 4.69) is 15.1 Å². The molecule has 2 atom stereocenters. The SMILES string of the molecule is CN(C(=O)C(C)(N)c1ccccc1)C1CCCN(c2cccnn2)C1. The summed E-state index contributed by atoms with van der Waals surface area (Å²) < 4.78 is 0. The molecule has 2 aromatic rings. The Hall–Kier alpha value is -2.47. The van der Waals surface area contributed by atoms with E-state index in [0.29, 0.717) is 0 Å². The van der Waals surface area contributed by atoms with Crippen LogP contribution in [-0.2, 0) is 10.3 Å². The van der Waals surface area contributed by atoms with E-state index in [1.807, 2.05) is 49.5 Å². The van der Waals surface area contributed by atoms with Crippen molar-refractivity contribution in [2.24, 2.45) is 5.73 Å². The van der Waals surface area contributed by atoms with E-state index in [4.69, 9.17) is 5.73 Å². The maximum absolute atomic E-state index is 13.1. The van der Waals surface area contributed by atoms with E-state index < -0.39 is 5.54 Å². The fourth-order valence-electron chi connectivity index (χ4n) is 3.38. The van der Waals surface area contributed by atoms with Gasteiger partial charge in [0.15, 0.2) is 5.82 Å². The third-order valence-electron chi connectivity index (χ3n) is 4.96. The molecule has 1 amide bonds. The number of amides is 1. The number of carbonyl (C=O) groups excluding carboxylic acids is 1. The third kappa shape index (κ3) is 3.64. The first kappa shape index (κ1) is 17.4. The quantitative estimate of drug-likeness (QED) is 0.919. The van der Waals surface area contributed by atoms with Gasteiger partial charge in [-0.25, -0.2) is 0 Å². The number of hydrogen-bond acceptors (Lipinski definition) is 5. The molecule has 2 heterocycles. The number of rotatable bonds is 4. The van der Waals surface area contributed by atoms with Gasteiger partial charge in [-0.05, 0) is 37.5 Å². The van der Waals surface area contributed by atoms with Crippen LogP contribution in [0.2, 0.25) is 0 Å². The van der Waals surface area contributed by atoms with Crippen LogP contribution >= 0.6 is 0 Å². The highest BCUT2D eigenvalue weighted by molar-refractivity contribution is 5.87. The summed E-state index contributed by atoms with van der Waals surface area (Å²) in [6, 6.07) is 13.5. The zero-order chi connectivity index (χ0) is 17.9. The molecule has 0 aliphatic carbocycles. The van der Waals surface area contributed by atoms with Gasteiger partial charge in [-0.3, -0.25) is 4.79 Å². The van der Waals surface area contributed by atoms with Crippen molar-refractivity contribution in [3.05, 3.63) is 54.2 Å². The molecule has 1 aliphatic rings. The second-order valence-electron chi connectivity index (χ2n) is 6.81. The number of aromatic nitrogens is 2. The van der Waals surface area contributed by atoms with Gasteiger partial charge in [-0.1, -0.05) is 30.3 Å². The van der Waals surface area contributed by atoms with Crippen molar-refractivity contribution < 1.29 is 4.79 Å². The molecule has 2 unspecified atom stereocenters. The van der Waals surface area contributed by atoms with E-state index in [1.54, 1.807) is 18.0 Å². The Balaban J connectivity index is 1.73. The van der Waals surface area contributed by atoms with Gasteiger partial charge in [-0.2, -0.15) is 5.10 Å². The summed E-state index contributed by atoms with van der Waals surface area (Å²) in [5.41, 5.74) is 6.20. The van der Waals surface area contributed by atoms with E-state index in [-0.39, 0.29) is 11.9 Å². The number of piperidine rings is 1. The van der Waals surface area contributed by atoms with Gasteiger partial charge in [0, 0.05) is 32.4 Å². The largest absolute Gasteiger partial charge is 0.353 e. The number of anilines is 1. The normalized spacial score (nSPS) is 20.0. The fraction of sp³-hybridized carbons (Fsp3) is 0.421. The standard InChI is InChI=1S/C19H25N5O/c1-19(20,15-8-4-3-5-9-15)18(25)23(2)16-10-7-13-24(14-16)17-11-6-12-21-22-17/h3-6,8-9,11-12,16H,7,10,13-14,20H2,1-2H3. The van der Waals surface area contributed by atoms with Crippen molar-refractivity contribution in [2.75, 3.05) is 25.0 Å². The lowest BCUT2D eigenvalue weighted by Crippen LogP contribution is -2.56. The monoisotopic (exact) mass is 339 g/mol. The first-order chi connectivity index (χ1) is 12.0. The number of hydrogen-bond donors (Lipinski definition) is 1. The van der Waals surface area contributed by atoms with Crippen molar-refractivity contribution >= 4 is 11.7 Å². The molecule has 1 aromatic carbocycles. The lowest BCUT2D eigenvalue weighted by atomic mass is 9.90. The molecule has 2 N–H and O–H groups in total. The minimum Gasteiger partial charge on any atom is -0.353 e. The Labute approximate surface area is 148 Å². The second kappa shape index (κ2) is 7.19. The summed E-state index contributed by atoms with van der Waals surface area (Å²) in [6.45, 7) is 3.45. The van der Waals surface area contributed by atoms with Crippen LogP contribution in [0.3, 0.4) is 0 Å². The summed E-state index contributed by atoms with van der Waals surface area (Å²) in [6.07, 6.45) is 3.63. The zero-order valence-corrected chi connectivity index (χ0v) is 14.8. The summed E-state index contributed by atoms with van der Waals surface area (Å²) in [4.78, 5) is 17.0. The van der Waals surface area contributed by atoms with E-state index >= 15 is 0 Å². The number of nitrogens with two attached hydrogens (primary N) is 1. The Kier molecular flexibility index (Phi) is 4.99. The lowest BCUT2D eigenvalue weighted by Gasteiger charge is -2.40. The van der Waals surface area contributed by atoms with Crippen LogP contribution in [-0.4, -0.2) is 47.2 Å². The van der Waals surface area contributed by atoms with Gasteiger partial charge in [0.05, 0.1) is 0 Å². The highest BCUT2D eigenvalue weighted by Gasteiger charge is 2.37. The van der Waals surface area contributed by atoms with Crippen LogP contribution in [0.4, 0.5) is 5.82 Å². The van der Waals surface area contributed by atoms with E-state index in [9.17, 15) is 4.79 Å². The molecule has 0 bridgehead atoms. The highest BCUT2D eigenvalue weighted by atomic mass is 16.2. The average molecular weight is 339 g/mol. The summed E-state index contributed by atoms with van der Waals surface area (Å²) >= 11 is 0. The number of likely N-dealkylation sites (N-methyl/N-ethyl adjacent to an activating group) is 1. The maximum Gasteiger partial charge on any atom is 0.247 e. The average Bonchev–Trinajstić information content (AvgIpc) is 2.68. The predicted molar refractivity (Wildman–Crippen MR) is 98.0 cm³/mol. The molecule has 3 rings (SSSR count). The van der Waals surface area contributed by atoms with Gasteiger partial charge in [0.25, 0.3) is 0 Å². The van der Waals surface area contributed by atoms with Crippen molar-refractivity contribution in [3.63, 3.8) is 0 Å². The Morgan fingerprint density at radius 3 is 2.72 bits per heavy atom. The molecule has 6 nitrogen and oxygen atoms in total. The second-order valence-corrected chi connectivity index (χ2v) is 6.81. The van der Waals surface area contributed by atoms with Crippen molar-refractivity contribution in [2.45, 2.75) is 31.3 Å². The molecule has 25 heavy (non-hydrogen) atoms. The summed E-state index contributed by atoms with van der Waals surface area (Å²) in [7, 11) is 1.85. The lowest BCUT2D eigenvalue weighted by molar-refractivity contribution is -0.137. The molecule has 0 radical (unpaired) electrons. The van der Waals surface area contributed by atoms with Gasteiger partial charge in [0.1, 0.15) is 5.54 Å². The maximum atomic E-state index is 13.1. The Morgan fingerprint density at radius 2 is 2.04 bits per heavy atom. The van der Waals surface area contributed by atoms with Gasteiger partial charge < -0.3 is 15.5 Å². The van der Waals surface area contributed by atoms with Gasteiger partial charge >= 0.3 is 0 Å². The Morgan fingerprint density at radius 1 is 1.28 bits per heavy atom. The molecule has 1 aliphatic heterocycles. The first-order valence-electron chi connectivity index (χ1n) is 8.64. The van der Waals surface area contributed by atoms with Crippen LogP contribution in [0.5, 0.6) is 0 Å². The molecule has 0 saturated carbocycles. The predicted octanol–water partition coefficient (Wildman–Crippen LogP) is 1.78. The molecule has 132 valence electrons. The minimum atomic E-state index is -1.04. The Bertz CT molecular complexity index is 704. The fourth-order valence-corrected chi connectivity index (χ4v) is 3.38. The molecule has 1 fully saturated rings. The summed E-state index contributed by atoms with van der Waals surface area (Å²) in [5.74, 6) is 0.788. The molecular weight excluding hydrogens is 314 g/mol. The van der Waals surface area contributed by atoms with Crippen LogP contribution in [0.1, 0.15) is 25.3 Å². The molecule has 0 spiro atoms. The van der Waals surface area contributed by atoms with Crippen molar-refractivity contribution in [1.29, 1.82) is 0 Å². The first-order valence-corrected chi connectivity index (χ1v) is 8.64. The van der Waals surface area contributed by atoms with Crippen LogP contribution in [0.15, 0.2) is 48.7 Å². The smallest absolute Gasteiger partial charge is 0.247 e. The molecular formula is C19H25N5O. The van der Waals surface area contributed by atoms with E-state index in [1.165, 1.54) is 0 Å². The van der Waals surface area contributed by atoms with Gasteiger partial charge in [0.2, 0.25) is 5.91 Å². The summed E-state index contributed by atoms with van der Waals surface area (Å²) in [5, 5.41) is 8.14. The molecule has 1 saturated heterocycles. The van der Waals surface area contributed by atoms with Gasteiger partial charge in [-0.15, -0.1) is 5.10 Å². The molecule has 1 aromatic heterocycles. The van der Waals surface area contributed by atoms with E-state index in [0.717, 1.165) is 37.3 Å². The van der Waals surface area contributed by atoms with Crippen LogP contribution in [0, 0.1) is 0 Å². The molecule has 6 heteroatoms. The number of nitrogens with zero attached hydrogens (tertiary/aromatic N) is 4. The number of carbonyl (C=O) groups is 1. The van der Waals surface area contributed by atoms with Crippen molar-refractivity contribution in [3.8, 4) is 0 Å².